The minimum Gasteiger partial charge on any atom is -0.275 e. The molecule has 6 nitrogen and oxygen atoms in total. The zero-order valence-corrected chi connectivity index (χ0v) is 13.9. The molecular formula is C18H18N6. The quantitative estimate of drug-likeness (QED) is 0.583. The third kappa shape index (κ3) is 2.52. The van der Waals surface area contributed by atoms with E-state index >= 15 is 0 Å². The number of rotatable bonds is 3. The maximum absolute atomic E-state index is 4.81. The van der Waals surface area contributed by atoms with Crippen LogP contribution in [0.5, 0.6) is 0 Å². The fourth-order valence-corrected chi connectivity index (χ4v) is 2.72. The predicted molar refractivity (Wildman–Crippen MR) is 92.7 cm³/mol. The summed E-state index contributed by atoms with van der Waals surface area (Å²) in [6, 6.07) is 10.4. The van der Waals surface area contributed by atoms with Gasteiger partial charge in [-0.3, -0.25) is 9.36 Å². The Labute approximate surface area is 140 Å². The molecule has 0 aliphatic heterocycles. The second kappa shape index (κ2) is 5.49. The van der Waals surface area contributed by atoms with Crippen LogP contribution >= 0.6 is 0 Å². The van der Waals surface area contributed by atoms with Crippen molar-refractivity contribution in [3.8, 4) is 28.2 Å². The molecule has 1 aromatic carbocycles. The number of aromatic nitrogens is 6. The average Bonchev–Trinajstić information content (AvgIpc) is 3.27. The Kier molecular flexibility index (Phi) is 3.30. The number of benzene rings is 1. The molecule has 0 atom stereocenters. The summed E-state index contributed by atoms with van der Waals surface area (Å²) < 4.78 is 5.54. The standard InChI is InChI=1S/C18H18N6/c1-13-4-6-16(7-5-13)24-18(15-10-20-23(3)12-15)8-17(21-24)14-9-19-22(2)11-14/h4-12H,1-3H3. The summed E-state index contributed by atoms with van der Waals surface area (Å²) >= 11 is 0. The van der Waals surface area contributed by atoms with Crippen LogP contribution in [0.1, 0.15) is 5.56 Å². The Hall–Kier alpha value is -3.15. The van der Waals surface area contributed by atoms with Crippen molar-refractivity contribution in [2.24, 2.45) is 14.1 Å². The normalized spacial score (nSPS) is 11.1. The van der Waals surface area contributed by atoms with E-state index in [9.17, 15) is 0 Å². The van der Waals surface area contributed by atoms with Crippen molar-refractivity contribution in [1.82, 2.24) is 29.3 Å². The minimum absolute atomic E-state index is 0.891. The zero-order chi connectivity index (χ0) is 16.7. The topological polar surface area (TPSA) is 53.5 Å². The van der Waals surface area contributed by atoms with E-state index in [1.54, 1.807) is 9.36 Å². The third-order valence-corrected chi connectivity index (χ3v) is 3.99. The lowest BCUT2D eigenvalue weighted by Gasteiger charge is -2.06. The van der Waals surface area contributed by atoms with Crippen molar-refractivity contribution >= 4 is 0 Å². The van der Waals surface area contributed by atoms with Gasteiger partial charge < -0.3 is 0 Å². The molecule has 0 radical (unpaired) electrons. The lowest BCUT2D eigenvalue weighted by molar-refractivity contribution is 0.767. The van der Waals surface area contributed by atoms with E-state index in [0.29, 0.717) is 0 Å². The zero-order valence-electron chi connectivity index (χ0n) is 13.9. The third-order valence-electron chi connectivity index (χ3n) is 3.99. The van der Waals surface area contributed by atoms with Crippen LogP contribution in [0, 0.1) is 6.92 Å². The SMILES string of the molecule is Cc1ccc(-n2nc(-c3cnn(C)c3)cc2-c2cnn(C)c2)cc1. The molecule has 0 fully saturated rings. The maximum Gasteiger partial charge on any atom is 0.0965 e. The molecule has 3 heterocycles. The highest BCUT2D eigenvalue weighted by molar-refractivity contribution is 5.69. The smallest absolute Gasteiger partial charge is 0.0965 e. The van der Waals surface area contributed by atoms with Gasteiger partial charge in [0.1, 0.15) is 0 Å². The minimum atomic E-state index is 0.891. The first kappa shape index (κ1) is 14.4. The van der Waals surface area contributed by atoms with E-state index in [1.807, 2.05) is 43.6 Å². The van der Waals surface area contributed by atoms with Crippen LogP contribution in [0.3, 0.4) is 0 Å². The van der Waals surface area contributed by atoms with Gasteiger partial charge in [-0.2, -0.15) is 15.3 Å². The summed E-state index contributed by atoms with van der Waals surface area (Å²) in [5, 5.41) is 13.3. The van der Waals surface area contributed by atoms with E-state index < -0.39 is 0 Å². The van der Waals surface area contributed by atoms with Gasteiger partial charge in [0, 0.05) is 37.6 Å². The summed E-state index contributed by atoms with van der Waals surface area (Å²) in [6.45, 7) is 2.08. The van der Waals surface area contributed by atoms with Gasteiger partial charge in [0.2, 0.25) is 0 Å². The Morgan fingerprint density at radius 1 is 0.833 bits per heavy atom. The van der Waals surface area contributed by atoms with Crippen LogP contribution in [0.4, 0.5) is 0 Å². The molecule has 0 bridgehead atoms. The second-order valence-electron chi connectivity index (χ2n) is 5.97. The van der Waals surface area contributed by atoms with Gasteiger partial charge in [0.05, 0.1) is 29.5 Å². The molecule has 0 aliphatic rings. The highest BCUT2D eigenvalue weighted by Crippen LogP contribution is 2.28. The molecule has 120 valence electrons. The van der Waals surface area contributed by atoms with E-state index in [1.165, 1.54) is 5.56 Å². The molecule has 4 rings (SSSR count). The largest absolute Gasteiger partial charge is 0.275 e. The number of hydrogen-bond acceptors (Lipinski definition) is 3. The van der Waals surface area contributed by atoms with E-state index in [4.69, 9.17) is 5.10 Å². The number of hydrogen-bond donors (Lipinski definition) is 0. The van der Waals surface area contributed by atoms with Gasteiger partial charge >= 0.3 is 0 Å². The predicted octanol–water partition coefficient (Wildman–Crippen LogP) is 2.98. The van der Waals surface area contributed by atoms with Crippen molar-refractivity contribution in [2.45, 2.75) is 6.92 Å². The van der Waals surface area contributed by atoms with Crippen molar-refractivity contribution in [2.75, 3.05) is 0 Å². The van der Waals surface area contributed by atoms with Crippen molar-refractivity contribution in [1.29, 1.82) is 0 Å². The second-order valence-corrected chi connectivity index (χ2v) is 5.97. The molecule has 0 aliphatic carbocycles. The van der Waals surface area contributed by atoms with Gasteiger partial charge in [-0.15, -0.1) is 0 Å². The lowest BCUT2D eigenvalue weighted by Crippen LogP contribution is -1.98. The summed E-state index contributed by atoms with van der Waals surface area (Å²) in [4.78, 5) is 0. The first-order valence-corrected chi connectivity index (χ1v) is 7.75. The molecule has 0 saturated carbocycles. The first-order valence-electron chi connectivity index (χ1n) is 7.75. The van der Waals surface area contributed by atoms with Crippen molar-refractivity contribution < 1.29 is 0 Å². The molecule has 3 aromatic heterocycles. The van der Waals surface area contributed by atoms with Gasteiger partial charge in [0.25, 0.3) is 0 Å². The monoisotopic (exact) mass is 318 g/mol. The first-order chi connectivity index (χ1) is 11.6. The Balaban J connectivity index is 1.89. The Morgan fingerprint density at radius 2 is 1.46 bits per heavy atom. The Morgan fingerprint density at radius 3 is 2.04 bits per heavy atom. The van der Waals surface area contributed by atoms with Crippen molar-refractivity contribution in [3.05, 3.63) is 60.7 Å². The molecule has 24 heavy (non-hydrogen) atoms. The van der Waals surface area contributed by atoms with Gasteiger partial charge in [-0.05, 0) is 25.1 Å². The number of nitrogens with zero attached hydrogens (tertiary/aromatic N) is 6. The van der Waals surface area contributed by atoms with Gasteiger partial charge in [-0.1, -0.05) is 17.7 Å². The van der Waals surface area contributed by atoms with E-state index in [2.05, 4.69) is 47.5 Å². The van der Waals surface area contributed by atoms with Gasteiger partial charge in [-0.25, -0.2) is 4.68 Å². The summed E-state index contributed by atoms with van der Waals surface area (Å²) in [7, 11) is 3.82. The summed E-state index contributed by atoms with van der Waals surface area (Å²) in [6.07, 6.45) is 7.65. The highest BCUT2D eigenvalue weighted by Gasteiger charge is 2.15. The Bertz CT molecular complexity index is 987. The average molecular weight is 318 g/mol. The van der Waals surface area contributed by atoms with Crippen LogP contribution in [-0.2, 0) is 14.1 Å². The molecule has 4 aromatic rings. The summed E-state index contributed by atoms with van der Waals surface area (Å²) in [5.74, 6) is 0. The van der Waals surface area contributed by atoms with Crippen molar-refractivity contribution in [3.63, 3.8) is 0 Å². The fraction of sp³-hybridized carbons (Fsp3) is 0.167. The molecule has 6 heteroatoms. The molecule has 0 unspecified atom stereocenters. The van der Waals surface area contributed by atoms with Crippen LogP contribution in [0.2, 0.25) is 0 Å². The molecular weight excluding hydrogens is 300 g/mol. The van der Waals surface area contributed by atoms with Crippen LogP contribution < -0.4 is 0 Å². The van der Waals surface area contributed by atoms with Gasteiger partial charge in [0.15, 0.2) is 0 Å². The van der Waals surface area contributed by atoms with E-state index in [0.717, 1.165) is 28.2 Å². The molecule has 0 spiro atoms. The fourth-order valence-electron chi connectivity index (χ4n) is 2.72. The maximum atomic E-state index is 4.81. The van der Waals surface area contributed by atoms with Crippen LogP contribution in [-0.4, -0.2) is 29.3 Å². The molecule has 0 amide bonds. The molecule has 0 N–H and O–H groups in total. The highest BCUT2D eigenvalue weighted by atomic mass is 15.3. The summed E-state index contributed by atoms with van der Waals surface area (Å²) in [5.41, 5.74) is 6.17. The number of aryl methyl sites for hydroxylation is 3. The van der Waals surface area contributed by atoms with Crippen LogP contribution in [0.25, 0.3) is 28.2 Å². The van der Waals surface area contributed by atoms with Crippen LogP contribution in [0.15, 0.2) is 55.1 Å². The lowest BCUT2D eigenvalue weighted by atomic mass is 10.2. The molecule has 0 saturated heterocycles. The van der Waals surface area contributed by atoms with E-state index in [-0.39, 0.29) is 0 Å².